The molecule has 35 heavy (non-hydrogen) atoms. The lowest BCUT2D eigenvalue weighted by Crippen LogP contribution is -2.49. The minimum atomic E-state index is -0.798. The largest absolute Gasteiger partial charge is 0.481 e. The van der Waals surface area contributed by atoms with Crippen LogP contribution in [0.5, 0.6) is 0 Å². The first-order valence-corrected chi connectivity index (χ1v) is 12.6. The van der Waals surface area contributed by atoms with Crippen molar-refractivity contribution in [1.29, 1.82) is 0 Å². The van der Waals surface area contributed by atoms with E-state index in [1.165, 1.54) is 24.3 Å². The summed E-state index contributed by atoms with van der Waals surface area (Å²) in [5.74, 6) is -0.382. The Bertz CT molecular complexity index is 1150. The highest BCUT2D eigenvalue weighted by Crippen LogP contribution is 2.36. The Morgan fingerprint density at radius 3 is 2.57 bits per heavy atom. The quantitative estimate of drug-likeness (QED) is 0.686. The normalized spacial score (nSPS) is 26.3. The summed E-state index contributed by atoms with van der Waals surface area (Å²) in [6.07, 6.45) is 2.70. The van der Waals surface area contributed by atoms with Crippen LogP contribution in [-0.4, -0.2) is 64.1 Å². The van der Waals surface area contributed by atoms with Gasteiger partial charge in [-0.1, -0.05) is 6.07 Å². The van der Waals surface area contributed by atoms with Gasteiger partial charge in [0.1, 0.15) is 5.82 Å². The minimum absolute atomic E-state index is 0.0355. The molecule has 3 aliphatic rings. The number of carbonyl (C=O) groups excluding carboxylic acids is 1. The van der Waals surface area contributed by atoms with Gasteiger partial charge in [0.25, 0.3) is 11.5 Å². The average molecular weight is 482 g/mol. The number of hydrogen-bond acceptors (Lipinski definition) is 4. The number of benzene rings is 1. The molecule has 4 atom stereocenters. The number of carbonyl (C=O) groups is 2. The van der Waals surface area contributed by atoms with Crippen LogP contribution < -0.4 is 5.56 Å². The van der Waals surface area contributed by atoms with Crippen LogP contribution in [0.3, 0.4) is 0 Å². The number of halogens is 1. The summed E-state index contributed by atoms with van der Waals surface area (Å²) in [5, 5.41) is 9.45. The third-order valence-electron chi connectivity index (χ3n) is 8.08. The molecule has 4 heterocycles. The maximum atomic E-state index is 13.3. The van der Waals surface area contributed by atoms with Crippen molar-refractivity contribution < 1.29 is 19.1 Å². The summed E-state index contributed by atoms with van der Waals surface area (Å²) in [6.45, 7) is 4.48. The molecule has 0 saturated carbocycles. The fourth-order valence-electron chi connectivity index (χ4n) is 6.39. The number of aliphatic carboxylic acids is 1. The first kappa shape index (κ1) is 23.7. The van der Waals surface area contributed by atoms with E-state index in [1.54, 1.807) is 11.0 Å². The highest BCUT2D eigenvalue weighted by atomic mass is 19.1. The number of fused-ring (bicyclic) bond motifs is 4. The number of carboxylic acid groups (broad SMARTS) is 1. The molecule has 2 bridgehead atoms. The number of pyridine rings is 1. The predicted octanol–water partition coefficient (Wildman–Crippen LogP) is 3.05. The van der Waals surface area contributed by atoms with Gasteiger partial charge in [0.2, 0.25) is 0 Å². The van der Waals surface area contributed by atoms with E-state index < -0.39 is 5.97 Å². The number of likely N-dealkylation sites (tertiary alicyclic amines) is 2. The van der Waals surface area contributed by atoms with Crippen LogP contribution in [0, 0.1) is 23.6 Å². The molecule has 1 N–H and O–H groups in total. The van der Waals surface area contributed by atoms with Crippen LogP contribution >= 0.6 is 0 Å². The van der Waals surface area contributed by atoms with Gasteiger partial charge in [-0.05, 0) is 73.9 Å². The zero-order valence-corrected chi connectivity index (χ0v) is 19.8. The number of piperidine rings is 2. The lowest BCUT2D eigenvalue weighted by molar-refractivity contribution is -0.139. The molecule has 2 fully saturated rings. The topological polar surface area (TPSA) is 82.8 Å². The second-order valence-electron chi connectivity index (χ2n) is 10.4. The van der Waals surface area contributed by atoms with Crippen molar-refractivity contribution in [3.05, 3.63) is 69.9 Å². The number of rotatable bonds is 6. The first-order valence-electron chi connectivity index (χ1n) is 12.6. The summed E-state index contributed by atoms with van der Waals surface area (Å²) in [4.78, 5) is 41.1. The van der Waals surface area contributed by atoms with Crippen LogP contribution in [0.4, 0.5) is 4.39 Å². The summed E-state index contributed by atoms with van der Waals surface area (Å²) in [6, 6.07) is 11.1. The van der Waals surface area contributed by atoms with Crippen LogP contribution in [0.1, 0.15) is 47.7 Å². The monoisotopic (exact) mass is 481 g/mol. The molecule has 0 spiro atoms. The Labute approximate surface area is 204 Å². The van der Waals surface area contributed by atoms with Crippen molar-refractivity contribution in [3.8, 4) is 0 Å². The van der Waals surface area contributed by atoms with Gasteiger partial charge in [-0.2, -0.15) is 0 Å². The maximum absolute atomic E-state index is 13.3. The van der Waals surface area contributed by atoms with Crippen molar-refractivity contribution in [2.24, 2.45) is 17.8 Å². The molecule has 1 amide bonds. The smallest absolute Gasteiger partial charge is 0.303 e. The Balaban J connectivity index is 1.25. The molecule has 1 aromatic heterocycles. The highest BCUT2D eigenvalue weighted by Gasteiger charge is 2.36. The fraction of sp³-hybridized carbons (Fsp3) is 0.519. The number of amides is 1. The minimum Gasteiger partial charge on any atom is -0.481 e. The molecule has 0 radical (unpaired) electrons. The van der Waals surface area contributed by atoms with Gasteiger partial charge < -0.3 is 19.5 Å². The Morgan fingerprint density at radius 2 is 1.80 bits per heavy atom. The Kier molecular flexibility index (Phi) is 6.73. The summed E-state index contributed by atoms with van der Waals surface area (Å²) in [5.41, 5.74) is 1.66. The molecule has 8 heteroatoms. The van der Waals surface area contributed by atoms with Crippen molar-refractivity contribution in [1.82, 2.24) is 14.4 Å². The van der Waals surface area contributed by atoms with E-state index in [-0.39, 0.29) is 35.5 Å². The second-order valence-corrected chi connectivity index (χ2v) is 10.4. The SMILES string of the molecule is O=C(O)C[C@@H]1CCN(C(=O)c2ccc(F)cc2)C[C@H]1CCN1C[C@H]2C[C@H](C1)c1cccc(=O)n1C2. The third-order valence-corrected chi connectivity index (χ3v) is 8.08. The summed E-state index contributed by atoms with van der Waals surface area (Å²) in [7, 11) is 0. The molecular weight excluding hydrogens is 449 g/mol. The van der Waals surface area contributed by atoms with Crippen LogP contribution in [-0.2, 0) is 11.3 Å². The Hall–Kier alpha value is -3.00. The first-order chi connectivity index (χ1) is 16.9. The van der Waals surface area contributed by atoms with Crippen molar-refractivity contribution in [2.45, 2.75) is 38.1 Å². The van der Waals surface area contributed by atoms with Gasteiger partial charge in [-0.25, -0.2) is 4.39 Å². The van der Waals surface area contributed by atoms with Gasteiger partial charge in [0.15, 0.2) is 0 Å². The van der Waals surface area contributed by atoms with E-state index in [0.29, 0.717) is 36.9 Å². The summed E-state index contributed by atoms with van der Waals surface area (Å²) < 4.78 is 15.2. The predicted molar refractivity (Wildman–Crippen MR) is 129 cm³/mol. The van der Waals surface area contributed by atoms with Crippen molar-refractivity contribution in [2.75, 3.05) is 32.7 Å². The van der Waals surface area contributed by atoms with E-state index in [0.717, 1.165) is 44.7 Å². The average Bonchev–Trinajstić information content (AvgIpc) is 2.84. The van der Waals surface area contributed by atoms with Gasteiger partial charge in [0, 0.05) is 62.4 Å². The maximum Gasteiger partial charge on any atom is 0.303 e. The highest BCUT2D eigenvalue weighted by molar-refractivity contribution is 5.94. The van der Waals surface area contributed by atoms with Gasteiger partial charge in [-0.3, -0.25) is 14.4 Å². The van der Waals surface area contributed by atoms with E-state index in [9.17, 15) is 23.9 Å². The van der Waals surface area contributed by atoms with Crippen LogP contribution in [0.15, 0.2) is 47.3 Å². The summed E-state index contributed by atoms with van der Waals surface area (Å²) >= 11 is 0. The van der Waals surface area contributed by atoms with Gasteiger partial charge in [0.05, 0.1) is 0 Å². The van der Waals surface area contributed by atoms with E-state index in [1.807, 2.05) is 10.6 Å². The third kappa shape index (κ3) is 5.17. The zero-order chi connectivity index (χ0) is 24.5. The molecule has 2 saturated heterocycles. The standard InChI is InChI=1S/C27H32FN3O4/c28-23-6-4-19(5-7-23)27(35)30-11-9-20(13-26(33)34)21(17-30)8-10-29-14-18-12-22(16-29)24-2-1-3-25(32)31(24)15-18/h1-7,18,20-22H,8-17H2,(H,33,34)/t18-,20+,21-,22-/m1/s1. The van der Waals surface area contributed by atoms with Gasteiger partial charge >= 0.3 is 5.97 Å². The molecule has 5 rings (SSSR count). The molecular formula is C27H32FN3O4. The number of hydrogen-bond donors (Lipinski definition) is 1. The molecule has 2 aromatic rings. The zero-order valence-electron chi connectivity index (χ0n) is 19.8. The molecule has 3 aliphatic heterocycles. The number of nitrogens with zero attached hydrogens (tertiary/aromatic N) is 3. The van der Waals surface area contributed by atoms with E-state index in [4.69, 9.17) is 0 Å². The molecule has 0 aliphatic carbocycles. The van der Waals surface area contributed by atoms with E-state index >= 15 is 0 Å². The lowest BCUT2D eigenvalue weighted by atomic mass is 9.80. The number of aromatic nitrogens is 1. The second kappa shape index (κ2) is 9.93. The lowest BCUT2D eigenvalue weighted by Gasteiger charge is -2.44. The van der Waals surface area contributed by atoms with Crippen molar-refractivity contribution in [3.63, 3.8) is 0 Å². The molecule has 7 nitrogen and oxygen atoms in total. The van der Waals surface area contributed by atoms with E-state index in [2.05, 4.69) is 11.0 Å². The molecule has 0 unspecified atom stereocenters. The van der Waals surface area contributed by atoms with Crippen molar-refractivity contribution >= 4 is 11.9 Å². The Morgan fingerprint density at radius 1 is 1.00 bits per heavy atom. The van der Waals surface area contributed by atoms with Gasteiger partial charge in [-0.15, -0.1) is 0 Å². The van der Waals surface area contributed by atoms with Crippen LogP contribution in [0.25, 0.3) is 0 Å². The number of carboxylic acids is 1. The van der Waals surface area contributed by atoms with Crippen LogP contribution in [0.2, 0.25) is 0 Å². The molecule has 1 aromatic carbocycles. The fourth-order valence-corrected chi connectivity index (χ4v) is 6.39. The molecule has 186 valence electrons.